The molecule has 1 amide bonds. The Balaban J connectivity index is 1.40. The number of hydrogen-bond acceptors (Lipinski definition) is 3. The van der Waals surface area contributed by atoms with E-state index in [9.17, 15) is 18.0 Å². The van der Waals surface area contributed by atoms with Crippen molar-refractivity contribution in [2.75, 3.05) is 19.6 Å². The van der Waals surface area contributed by atoms with Crippen LogP contribution in [0, 0.1) is 5.92 Å². The highest BCUT2D eigenvalue weighted by molar-refractivity contribution is 5.78. The Bertz CT molecular complexity index is 820. The molecule has 0 bridgehead atoms. The summed E-state index contributed by atoms with van der Waals surface area (Å²) in [5.74, 6) is -0.627. The SMILES string of the molecule is O=C(CN1CCC(Cn2c(C(F)(F)F)nc3ccccc32)CC1)NC1CC1. The first-order valence-corrected chi connectivity index (χ1v) is 9.44. The summed E-state index contributed by atoms with van der Waals surface area (Å²) in [7, 11) is 0. The Morgan fingerprint density at radius 3 is 2.52 bits per heavy atom. The average Bonchev–Trinajstić information content (AvgIpc) is 3.35. The van der Waals surface area contributed by atoms with Crippen LogP contribution in [0.2, 0.25) is 0 Å². The number of halogens is 3. The molecule has 1 aromatic heterocycles. The van der Waals surface area contributed by atoms with Crippen molar-refractivity contribution in [3.8, 4) is 0 Å². The zero-order valence-electron chi connectivity index (χ0n) is 15.0. The van der Waals surface area contributed by atoms with Crippen molar-refractivity contribution in [2.45, 2.75) is 44.4 Å². The van der Waals surface area contributed by atoms with Crippen LogP contribution in [-0.2, 0) is 17.5 Å². The lowest BCUT2D eigenvalue weighted by molar-refractivity contribution is -0.147. The summed E-state index contributed by atoms with van der Waals surface area (Å²) in [6.45, 7) is 2.15. The third-order valence-electron chi connectivity index (χ3n) is 5.37. The van der Waals surface area contributed by atoms with Crippen LogP contribution < -0.4 is 5.32 Å². The molecule has 4 rings (SSSR count). The molecular formula is C19H23F3N4O. The van der Waals surface area contributed by atoms with Gasteiger partial charge in [-0.3, -0.25) is 9.69 Å². The predicted octanol–water partition coefficient (Wildman–Crippen LogP) is 3.05. The van der Waals surface area contributed by atoms with Crippen molar-refractivity contribution >= 4 is 16.9 Å². The highest BCUT2D eigenvalue weighted by Crippen LogP contribution is 2.33. The van der Waals surface area contributed by atoms with Crippen LogP contribution in [0.4, 0.5) is 13.2 Å². The monoisotopic (exact) mass is 380 g/mol. The molecule has 0 unspecified atom stereocenters. The molecule has 1 aliphatic heterocycles. The van der Waals surface area contributed by atoms with Crippen LogP contribution in [0.15, 0.2) is 24.3 Å². The maximum Gasteiger partial charge on any atom is 0.449 e. The van der Waals surface area contributed by atoms with Gasteiger partial charge >= 0.3 is 6.18 Å². The summed E-state index contributed by atoms with van der Waals surface area (Å²) in [4.78, 5) is 17.8. The molecule has 146 valence electrons. The first-order chi connectivity index (χ1) is 12.9. The van der Waals surface area contributed by atoms with Crippen molar-refractivity contribution in [3.63, 3.8) is 0 Å². The van der Waals surface area contributed by atoms with Gasteiger partial charge in [-0.25, -0.2) is 4.98 Å². The number of piperidine rings is 1. The Hall–Kier alpha value is -2.09. The van der Waals surface area contributed by atoms with Gasteiger partial charge in [0.05, 0.1) is 17.6 Å². The maximum atomic E-state index is 13.4. The molecule has 8 heteroatoms. The van der Waals surface area contributed by atoms with E-state index in [1.165, 1.54) is 4.57 Å². The number of fused-ring (bicyclic) bond motifs is 1. The van der Waals surface area contributed by atoms with Crippen molar-refractivity contribution in [2.24, 2.45) is 5.92 Å². The van der Waals surface area contributed by atoms with Crippen LogP contribution in [0.5, 0.6) is 0 Å². The van der Waals surface area contributed by atoms with Crippen LogP contribution in [-0.4, -0.2) is 46.0 Å². The average molecular weight is 380 g/mol. The molecule has 0 atom stereocenters. The van der Waals surface area contributed by atoms with Crippen LogP contribution >= 0.6 is 0 Å². The van der Waals surface area contributed by atoms with Crippen molar-refractivity contribution in [3.05, 3.63) is 30.1 Å². The lowest BCUT2D eigenvalue weighted by atomic mass is 9.96. The number of benzene rings is 1. The van der Waals surface area contributed by atoms with Crippen molar-refractivity contribution in [1.82, 2.24) is 19.8 Å². The van der Waals surface area contributed by atoms with Crippen molar-refractivity contribution < 1.29 is 18.0 Å². The molecule has 0 radical (unpaired) electrons. The summed E-state index contributed by atoms with van der Waals surface area (Å²) in [5.41, 5.74) is 0.898. The molecule has 2 aliphatic rings. The fourth-order valence-corrected chi connectivity index (χ4v) is 3.77. The standard InChI is InChI=1S/C19H23F3N4O/c20-19(21,22)18-24-15-3-1-2-4-16(15)26(18)11-13-7-9-25(10-8-13)12-17(27)23-14-5-6-14/h1-4,13-14H,5-12H2,(H,23,27). The second-order valence-electron chi connectivity index (χ2n) is 7.59. The summed E-state index contributed by atoms with van der Waals surface area (Å²) >= 11 is 0. The topological polar surface area (TPSA) is 50.2 Å². The zero-order valence-corrected chi connectivity index (χ0v) is 15.0. The maximum absolute atomic E-state index is 13.4. The van der Waals surface area contributed by atoms with E-state index in [4.69, 9.17) is 0 Å². The van der Waals surface area contributed by atoms with Crippen LogP contribution in [0.25, 0.3) is 11.0 Å². The number of amides is 1. The molecule has 2 aromatic rings. The highest BCUT2D eigenvalue weighted by Gasteiger charge is 2.38. The summed E-state index contributed by atoms with van der Waals surface area (Å²) < 4.78 is 41.6. The lowest BCUT2D eigenvalue weighted by Crippen LogP contribution is -2.42. The van der Waals surface area contributed by atoms with E-state index in [0.29, 0.717) is 30.2 Å². The quantitative estimate of drug-likeness (QED) is 0.868. The number of alkyl halides is 3. The smallest absolute Gasteiger partial charge is 0.352 e. The normalized spacial score (nSPS) is 19.5. The fraction of sp³-hybridized carbons (Fsp3) is 0.579. The number of aromatic nitrogens is 2. The first-order valence-electron chi connectivity index (χ1n) is 9.44. The number of likely N-dealkylation sites (tertiary alicyclic amines) is 1. The molecule has 2 heterocycles. The van der Waals surface area contributed by atoms with E-state index in [2.05, 4.69) is 15.2 Å². The van der Waals surface area contributed by atoms with E-state index < -0.39 is 12.0 Å². The van der Waals surface area contributed by atoms with E-state index in [0.717, 1.165) is 38.8 Å². The molecule has 5 nitrogen and oxygen atoms in total. The van der Waals surface area contributed by atoms with Gasteiger partial charge in [-0.1, -0.05) is 12.1 Å². The number of nitrogens with one attached hydrogen (secondary N) is 1. The summed E-state index contributed by atoms with van der Waals surface area (Å²) in [6.07, 6.45) is -0.788. The van der Waals surface area contributed by atoms with E-state index >= 15 is 0 Å². The second kappa shape index (κ2) is 7.14. The van der Waals surface area contributed by atoms with Gasteiger partial charge in [-0.05, 0) is 56.8 Å². The number of carbonyl (C=O) groups is 1. The van der Waals surface area contributed by atoms with E-state index in [1.807, 2.05) is 0 Å². The highest BCUT2D eigenvalue weighted by atomic mass is 19.4. The Morgan fingerprint density at radius 2 is 1.85 bits per heavy atom. The van der Waals surface area contributed by atoms with Gasteiger partial charge in [0.1, 0.15) is 0 Å². The van der Waals surface area contributed by atoms with Crippen LogP contribution in [0.3, 0.4) is 0 Å². The number of imidazole rings is 1. The minimum Gasteiger partial charge on any atom is -0.352 e. The molecule has 1 N–H and O–H groups in total. The molecule has 1 saturated carbocycles. The molecule has 2 fully saturated rings. The Labute approximate surface area is 155 Å². The Kier molecular flexibility index (Phi) is 4.84. The lowest BCUT2D eigenvalue weighted by Gasteiger charge is -2.32. The number of rotatable bonds is 5. The largest absolute Gasteiger partial charge is 0.449 e. The molecule has 1 saturated heterocycles. The van der Waals surface area contributed by atoms with Gasteiger partial charge in [-0.15, -0.1) is 0 Å². The van der Waals surface area contributed by atoms with Crippen molar-refractivity contribution in [1.29, 1.82) is 0 Å². The van der Waals surface area contributed by atoms with Crippen LogP contribution in [0.1, 0.15) is 31.5 Å². The second-order valence-corrected chi connectivity index (χ2v) is 7.59. The predicted molar refractivity (Wildman–Crippen MR) is 95.1 cm³/mol. The van der Waals surface area contributed by atoms with Gasteiger partial charge in [0, 0.05) is 12.6 Å². The van der Waals surface area contributed by atoms with Gasteiger partial charge in [-0.2, -0.15) is 13.2 Å². The molecular weight excluding hydrogens is 357 g/mol. The zero-order chi connectivity index (χ0) is 19.0. The summed E-state index contributed by atoms with van der Waals surface area (Å²) in [5, 5.41) is 2.97. The number of carbonyl (C=O) groups excluding carboxylic acids is 1. The molecule has 1 aromatic carbocycles. The Morgan fingerprint density at radius 1 is 1.15 bits per heavy atom. The number of para-hydroxylation sites is 2. The number of nitrogens with zero attached hydrogens (tertiary/aromatic N) is 3. The van der Waals surface area contributed by atoms with E-state index in [1.54, 1.807) is 24.3 Å². The fourth-order valence-electron chi connectivity index (χ4n) is 3.77. The minimum absolute atomic E-state index is 0.0518. The van der Waals surface area contributed by atoms with E-state index in [-0.39, 0.29) is 11.8 Å². The molecule has 27 heavy (non-hydrogen) atoms. The minimum atomic E-state index is -4.47. The third kappa shape index (κ3) is 4.26. The molecule has 0 spiro atoms. The number of hydrogen-bond donors (Lipinski definition) is 1. The molecule has 1 aliphatic carbocycles. The third-order valence-corrected chi connectivity index (χ3v) is 5.37. The van der Waals surface area contributed by atoms with Gasteiger partial charge in [0.2, 0.25) is 11.7 Å². The van der Waals surface area contributed by atoms with Gasteiger partial charge < -0.3 is 9.88 Å². The summed E-state index contributed by atoms with van der Waals surface area (Å²) in [6, 6.07) is 7.09. The van der Waals surface area contributed by atoms with Gasteiger partial charge in [0.15, 0.2) is 0 Å². The first kappa shape index (κ1) is 18.3. The van der Waals surface area contributed by atoms with Gasteiger partial charge in [0.25, 0.3) is 0 Å².